The van der Waals surface area contributed by atoms with Crippen LogP contribution in [0.25, 0.3) is 0 Å². The van der Waals surface area contributed by atoms with E-state index in [4.69, 9.17) is 4.18 Å². The van der Waals surface area contributed by atoms with Crippen LogP contribution in [0.4, 0.5) is 0 Å². The van der Waals surface area contributed by atoms with Gasteiger partial charge >= 0.3 is 0 Å². The Kier molecular flexibility index (Phi) is 9.87. The highest BCUT2D eigenvalue weighted by Crippen LogP contribution is 2.12. The lowest BCUT2D eigenvalue weighted by Crippen LogP contribution is -2.45. The molecule has 0 saturated carbocycles. The van der Waals surface area contributed by atoms with Crippen molar-refractivity contribution in [3.63, 3.8) is 0 Å². The van der Waals surface area contributed by atoms with Crippen LogP contribution in [0.1, 0.15) is 51.9 Å². The van der Waals surface area contributed by atoms with Gasteiger partial charge in [-0.3, -0.25) is 4.18 Å². The lowest BCUT2D eigenvalue weighted by atomic mass is 10.1. The maximum absolute atomic E-state index is 12.0. The Morgan fingerprint density at radius 2 is 1.64 bits per heavy atom. The standard InChI is InChI=1S/C15H31NO5S/c1-5-6-7-8-9-10-11-22(19,20)21-14(12-15(17)18)13-16(2,3)4/h14H,5-13H2,1-4H3/t14-/m1/s1. The minimum atomic E-state index is -3.69. The zero-order chi connectivity index (χ0) is 17.2. The van der Waals surface area contributed by atoms with Crippen molar-refractivity contribution in [3.05, 3.63) is 0 Å². The van der Waals surface area contributed by atoms with E-state index < -0.39 is 28.6 Å². The van der Waals surface area contributed by atoms with Gasteiger partial charge in [0.25, 0.3) is 10.1 Å². The first-order valence-corrected chi connectivity index (χ1v) is 9.55. The molecule has 0 spiro atoms. The van der Waals surface area contributed by atoms with E-state index in [2.05, 4.69) is 6.92 Å². The molecule has 0 aromatic rings. The molecule has 0 aliphatic heterocycles. The number of carboxylic acids is 1. The topological polar surface area (TPSA) is 83.5 Å². The second kappa shape index (κ2) is 10.2. The van der Waals surface area contributed by atoms with Crippen LogP contribution >= 0.6 is 0 Å². The summed E-state index contributed by atoms with van der Waals surface area (Å²) in [5.74, 6) is -1.35. The van der Waals surface area contributed by atoms with Crippen molar-refractivity contribution >= 4 is 16.1 Å². The van der Waals surface area contributed by atoms with E-state index in [9.17, 15) is 18.3 Å². The number of nitrogens with zero attached hydrogens (tertiary/aromatic N) is 1. The van der Waals surface area contributed by atoms with Gasteiger partial charge in [0.2, 0.25) is 0 Å². The van der Waals surface area contributed by atoms with E-state index in [1.54, 1.807) is 0 Å². The Morgan fingerprint density at radius 3 is 2.14 bits per heavy atom. The van der Waals surface area contributed by atoms with Crippen molar-refractivity contribution in [2.75, 3.05) is 33.4 Å². The van der Waals surface area contributed by atoms with E-state index in [-0.39, 0.29) is 5.75 Å². The number of rotatable bonds is 13. The fourth-order valence-corrected chi connectivity index (χ4v) is 3.44. The van der Waals surface area contributed by atoms with Crippen LogP contribution in [0.15, 0.2) is 0 Å². The molecule has 7 heteroatoms. The second-order valence-electron chi connectivity index (χ2n) is 6.80. The molecule has 6 nitrogen and oxygen atoms in total. The summed E-state index contributed by atoms with van der Waals surface area (Å²) in [6.45, 7) is 2.42. The van der Waals surface area contributed by atoms with Gasteiger partial charge in [0.15, 0.2) is 0 Å². The minimum Gasteiger partial charge on any atom is -0.550 e. The molecule has 0 heterocycles. The molecule has 0 bridgehead atoms. The number of hydrogen-bond acceptors (Lipinski definition) is 5. The van der Waals surface area contributed by atoms with Gasteiger partial charge in [-0.1, -0.05) is 39.0 Å². The normalized spacial score (nSPS) is 14.0. The fourth-order valence-electron chi connectivity index (χ4n) is 2.24. The third kappa shape index (κ3) is 13.0. The first kappa shape index (κ1) is 21.3. The van der Waals surface area contributed by atoms with Crippen molar-refractivity contribution in [2.45, 2.75) is 58.0 Å². The molecule has 0 rings (SSSR count). The maximum atomic E-state index is 12.0. The first-order chi connectivity index (χ1) is 10.1. The van der Waals surface area contributed by atoms with Crippen LogP contribution in [0.5, 0.6) is 0 Å². The number of carbonyl (C=O) groups is 1. The molecule has 0 aliphatic carbocycles. The molecule has 1 atom stereocenters. The van der Waals surface area contributed by atoms with Crippen LogP contribution in [0.3, 0.4) is 0 Å². The number of quaternary nitrogens is 1. The summed E-state index contributed by atoms with van der Waals surface area (Å²) < 4.78 is 29.4. The van der Waals surface area contributed by atoms with Gasteiger partial charge in [0, 0.05) is 12.4 Å². The molecule has 0 N–H and O–H groups in total. The Balaban J connectivity index is 4.33. The van der Waals surface area contributed by atoms with Crippen molar-refractivity contribution in [1.82, 2.24) is 0 Å². The van der Waals surface area contributed by atoms with Crippen LogP contribution in [-0.2, 0) is 19.1 Å². The number of hydrogen-bond donors (Lipinski definition) is 0. The summed E-state index contributed by atoms with van der Waals surface area (Å²) in [5, 5.41) is 10.7. The molecule has 0 amide bonds. The average molecular weight is 337 g/mol. The third-order valence-corrected chi connectivity index (χ3v) is 4.53. The van der Waals surface area contributed by atoms with Crippen LogP contribution in [0, 0.1) is 0 Å². The van der Waals surface area contributed by atoms with Gasteiger partial charge < -0.3 is 14.4 Å². The molecule has 132 valence electrons. The van der Waals surface area contributed by atoms with Gasteiger partial charge in [-0.2, -0.15) is 8.42 Å². The smallest absolute Gasteiger partial charge is 0.267 e. The molecule has 0 radical (unpaired) electrons. The van der Waals surface area contributed by atoms with Crippen LogP contribution in [-0.4, -0.2) is 58.4 Å². The molecular weight excluding hydrogens is 306 g/mol. The fraction of sp³-hybridized carbons (Fsp3) is 0.933. The summed E-state index contributed by atoms with van der Waals surface area (Å²) in [7, 11) is 1.87. The molecule has 0 saturated heterocycles. The molecule has 22 heavy (non-hydrogen) atoms. The minimum absolute atomic E-state index is 0.0557. The van der Waals surface area contributed by atoms with Gasteiger partial charge in [-0.15, -0.1) is 0 Å². The zero-order valence-electron chi connectivity index (χ0n) is 14.3. The number of carbonyl (C=O) groups excluding carboxylic acids is 1. The van der Waals surface area contributed by atoms with Gasteiger partial charge in [-0.25, -0.2) is 0 Å². The zero-order valence-corrected chi connectivity index (χ0v) is 15.2. The van der Waals surface area contributed by atoms with Crippen LogP contribution in [0.2, 0.25) is 0 Å². The summed E-state index contributed by atoms with van der Waals surface area (Å²) in [5.41, 5.74) is 0. The van der Waals surface area contributed by atoms with Gasteiger partial charge in [-0.05, 0) is 6.42 Å². The second-order valence-corrected chi connectivity index (χ2v) is 8.51. The number of likely N-dealkylation sites (N-methyl/N-ethyl adjacent to an activating group) is 1. The van der Waals surface area contributed by atoms with E-state index in [1.165, 1.54) is 6.42 Å². The first-order valence-electron chi connectivity index (χ1n) is 7.97. The Bertz CT molecular complexity index is 414. The highest BCUT2D eigenvalue weighted by molar-refractivity contribution is 7.86. The molecule has 0 aliphatic rings. The molecular formula is C15H31NO5S. The van der Waals surface area contributed by atoms with Crippen LogP contribution < -0.4 is 5.11 Å². The van der Waals surface area contributed by atoms with E-state index in [0.717, 1.165) is 25.7 Å². The van der Waals surface area contributed by atoms with E-state index in [1.807, 2.05) is 21.1 Å². The maximum Gasteiger partial charge on any atom is 0.267 e. The summed E-state index contributed by atoms with van der Waals surface area (Å²) in [6.07, 6.45) is 4.56. The SMILES string of the molecule is CCCCCCCCS(=O)(=O)O[C@H](CC(=O)[O-])C[N+](C)(C)C. The molecule has 0 unspecified atom stereocenters. The predicted molar refractivity (Wildman–Crippen MR) is 84.6 cm³/mol. The number of carboxylic acid groups (broad SMARTS) is 1. The largest absolute Gasteiger partial charge is 0.550 e. The van der Waals surface area contributed by atoms with Crippen molar-refractivity contribution in [2.24, 2.45) is 0 Å². The Hall–Kier alpha value is -0.660. The van der Waals surface area contributed by atoms with Crippen molar-refractivity contribution in [3.8, 4) is 0 Å². The lowest BCUT2D eigenvalue weighted by Gasteiger charge is -2.29. The lowest BCUT2D eigenvalue weighted by molar-refractivity contribution is -0.873. The predicted octanol–water partition coefficient (Wildman–Crippen LogP) is 0.908. The number of aliphatic carboxylic acids is 1. The Morgan fingerprint density at radius 1 is 1.09 bits per heavy atom. The highest BCUT2D eigenvalue weighted by Gasteiger charge is 2.25. The summed E-state index contributed by atoms with van der Waals surface area (Å²) in [4.78, 5) is 10.7. The third-order valence-electron chi connectivity index (χ3n) is 3.18. The molecule has 0 aromatic carbocycles. The number of unbranched alkanes of at least 4 members (excludes halogenated alkanes) is 5. The monoisotopic (exact) mass is 337 g/mol. The van der Waals surface area contributed by atoms with E-state index in [0.29, 0.717) is 17.4 Å². The molecule has 0 aromatic heterocycles. The van der Waals surface area contributed by atoms with Crippen molar-refractivity contribution < 1.29 is 27.0 Å². The van der Waals surface area contributed by atoms with Gasteiger partial charge in [0.1, 0.15) is 12.6 Å². The summed E-state index contributed by atoms with van der Waals surface area (Å²) in [6, 6.07) is 0. The van der Waals surface area contributed by atoms with Gasteiger partial charge in [0.05, 0.1) is 26.9 Å². The van der Waals surface area contributed by atoms with E-state index >= 15 is 0 Å². The molecule has 0 fully saturated rings. The quantitative estimate of drug-likeness (QED) is 0.283. The van der Waals surface area contributed by atoms with Crippen molar-refractivity contribution in [1.29, 1.82) is 0 Å². The average Bonchev–Trinajstić information content (AvgIpc) is 2.29. The Labute approximate surface area is 135 Å². The summed E-state index contributed by atoms with van der Waals surface area (Å²) >= 11 is 0. The highest BCUT2D eigenvalue weighted by atomic mass is 32.2.